The van der Waals surface area contributed by atoms with Gasteiger partial charge in [0.25, 0.3) is 0 Å². The van der Waals surface area contributed by atoms with Gasteiger partial charge in [-0.05, 0) is 12.1 Å². The van der Waals surface area contributed by atoms with Crippen LogP contribution in [0.15, 0.2) is 24.5 Å². The standard InChI is InChI=1S/C9H12N2O2/c1-11(7-9(12)13-2)8-3-5-10-6-4-8/h3-6H,7H2,1-2H3. The molecule has 0 radical (unpaired) electrons. The van der Waals surface area contributed by atoms with Gasteiger partial charge in [0, 0.05) is 25.1 Å². The predicted octanol–water partition coefficient (Wildman–Crippen LogP) is 0.691. The van der Waals surface area contributed by atoms with E-state index in [1.54, 1.807) is 17.3 Å². The Hall–Kier alpha value is -1.58. The lowest BCUT2D eigenvalue weighted by atomic mass is 10.3. The number of esters is 1. The van der Waals surface area contributed by atoms with E-state index < -0.39 is 0 Å². The molecule has 0 N–H and O–H groups in total. The molecular weight excluding hydrogens is 168 g/mol. The lowest BCUT2D eigenvalue weighted by Crippen LogP contribution is -2.26. The molecule has 1 aromatic heterocycles. The fraction of sp³-hybridized carbons (Fsp3) is 0.333. The van der Waals surface area contributed by atoms with Crippen LogP contribution in [0.1, 0.15) is 0 Å². The van der Waals surface area contributed by atoms with Gasteiger partial charge in [0.1, 0.15) is 6.54 Å². The number of nitrogens with zero attached hydrogens (tertiary/aromatic N) is 2. The van der Waals surface area contributed by atoms with Crippen LogP contribution in [0, 0.1) is 0 Å². The fourth-order valence-electron chi connectivity index (χ4n) is 0.948. The van der Waals surface area contributed by atoms with E-state index in [2.05, 4.69) is 9.72 Å². The van der Waals surface area contributed by atoms with Crippen molar-refractivity contribution in [1.82, 2.24) is 4.98 Å². The number of pyridine rings is 1. The molecular formula is C9H12N2O2. The smallest absolute Gasteiger partial charge is 0.325 e. The van der Waals surface area contributed by atoms with Crippen LogP contribution in [0.4, 0.5) is 5.69 Å². The molecule has 70 valence electrons. The molecule has 0 aliphatic carbocycles. The molecule has 0 saturated carbocycles. The van der Waals surface area contributed by atoms with E-state index in [0.29, 0.717) is 0 Å². The van der Waals surface area contributed by atoms with E-state index in [1.165, 1.54) is 7.11 Å². The molecule has 0 unspecified atom stereocenters. The van der Waals surface area contributed by atoms with Crippen molar-refractivity contribution in [3.8, 4) is 0 Å². The van der Waals surface area contributed by atoms with Gasteiger partial charge in [-0.3, -0.25) is 9.78 Å². The Bertz CT molecular complexity index is 274. The maximum Gasteiger partial charge on any atom is 0.325 e. The number of carbonyl (C=O) groups excluding carboxylic acids is 1. The van der Waals surface area contributed by atoms with Gasteiger partial charge in [-0.1, -0.05) is 0 Å². The summed E-state index contributed by atoms with van der Waals surface area (Å²) < 4.78 is 4.55. The second-order valence-corrected chi connectivity index (χ2v) is 2.64. The van der Waals surface area contributed by atoms with Crippen molar-refractivity contribution >= 4 is 11.7 Å². The first-order valence-electron chi connectivity index (χ1n) is 3.92. The lowest BCUT2D eigenvalue weighted by Gasteiger charge is -2.16. The Labute approximate surface area is 77.1 Å². The van der Waals surface area contributed by atoms with Crippen LogP contribution in [0.2, 0.25) is 0 Å². The summed E-state index contributed by atoms with van der Waals surface area (Å²) in [5.41, 5.74) is 0.945. The van der Waals surface area contributed by atoms with E-state index >= 15 is 0 Å². The first-order valence-corrected chi connectivity index (χ1v) is 3.92. The van der Waals surface area contributed by atoms with Gasteiger partial charge in [0.2, 0.25) is 0 Å². The Kier molecular flexibility index (Phi) is 3.25. The van der Waals surface area contributed by atoms with Crippen molar-refractivity contribution in [2.24, 2.45) is 0 Å². The number of likely N-dealkylation sites (N-methyl/N-ethyl adjacent to an activating group) is 1. The third-order valence-electron chi connectivity index (χ3n) is 1.70. The van der Waals surface area contributed by atoms with E-state index in [4.69, 9.17) is 0 Å². The molecule has 4 heteroatoms. The zero-order valence-electron chi connectivity index (χ0n) is 7.73. The Morgan fingerprint density at radius 1 is 1.54 bits per heavy atom. The Balaban J connectivity index is 2.59. The maximum atomic E-state index is 10.9. The third kappa shape index (κ3) is 2.74. The Morgan fingerprint density at radius 3 is 2.69 bits per heavy atom. The van der Waals surface area contributed by atoms with Crippen molar-refractivity contribution in [2.75, 3.05) is 25.6 Å². The number of rotatable bonds is 3. The minimum atomic E-state index is -0.251. The molecule has 0 bridgehead atoms. The normalized spacial score (nSPS) is 9.38. The zero-order valence-corrected chi connectivity index (χ0v) is 7.73. The maximum absolute atomic E-state index is 10.9. The highest BCUT2D eigenvalue weighted by atomic mass is 16.5. The van der Waals surface area contributed by atoms with Gasteiger partial charge in [-0.15, -0.1) is 0 Å². The van der Waals surface area contributed by atoms with Crippen LogP contribution < -0.4 is 4.90 Å². The average molecular weight is 180 g/mol. The number of methoxy groups -OCH3 is 1. The number of ether oxygens (including phenoxy) is 1. The zero-order chi connectivity index (χ0) is 9.68. The third-order valence-corrected chi connectivity index (χ3v) is 1.70. The van der Waals surface area contributed by atoms with Crippen LogP contribution >= 0.6 is 0 Å². The summed E-state index contributed by atoms with van der Waals surface area (Å²) in [6, 6.07) is 3.67. The minimum Gasteiger partial charge on any atom is -0.468 e. The van der Waals surface area contributed by atoms with Gasteiger partial charge in [0.15, 0.2) is 0 Å². The molecule has 0 atom stereocenters. The first-order chi connectivity index (χ1) is 6.24. The quantitative estimate of drug-likeness (QED) is 0.642. The van der Waals surface area contributed by atoms with Gasteiger partial charge in [0.05, 0.1) is 7.11 Å². The SMILES string of the molecule is COC(=O)CN(C)c1ccncc1. The highest BCUT2D eigenvalue weighted by molar-refractivity contribution is 5.75. The second-order valence-electron chi connectivity index (χ2n) is 2.64. The molecule has 0 aliphatic heterocycles. The van der Waals surface area contributed by atoms with Crippen LogP contribution in [0.25, 0.3) is 0 Å². The minimum absolute atomic E-state index is 0.251. The highest BCUT2D eigenvalue weighted by Gasteiger charge is 2.05. The van der Waals surface area contributed by atoms with Gasteiger partial charge in [-0.25, -0.2) is 0 Å². The van der Waals surface area contributed by atoms with E-state index in [0.717, 1.165) is 5.69 Å². The molecule has 1 rings (SSSR count). The molecule has 0 aliphatic rings. The monoisotopic (exact) mass is 180 g/mol. The number of carbonyl (C=O) groups is 1. The summed E-state index contributed by atoms with van der Waals surface area (Å²) in [6.45, 7) is 0.251. The van der Waals surface area contributed by atoms with E-state index in [-0.39, 0.29) is 12.5 Å². The molecule has 4 nitrogen and oxygen atoms in total. The fourth-order valence-corrected chi connectivity index (χ4v) is 0.948. The lowest BCUT2D eigenvalue weighted by molar-refractivity contribution is -0.138. The van der Waals surface area contributed by atoms with Crippen molar-refractivity contribution in [3.05, 3.63) is 24.5 Å². The molecule has 1 aromatic rings. The van der Waals surface area contributed by atoms with Crippen molar-refractivity contribution in [2.45, 2.75) is 0 Å². The largest absolute Gasteiger partial charge is 0.468 e. The summed E-state index contributed by atoms with van der Waals surface area (Å²) >= 11 is 0. The van der Waals surface area contributed by atoms with Crippen molar-refractivity contribution in [3.63, 3.8) is 0 Å². The average Bonchev–Trinajstić information content (AvgIpc) is 2.19. The van der Waals surface area contributed by atoms with Crippen molar-refractivity contribution < 1.29 is 9.53 Å². The van der Waals surface area contributed by atoms with Gasteiger partial charge >= 0.3 is 5.97 Å². The van der Waals surface area contributed by atoms with Crippen molar-refractivity contribution in [1.29, 1.82) is 0 Å². The summed E-state index contributed by atoms with van der Waals surface area (Å²) in [7, 11) is 3.20. The molecule has 0 amide bonds. The molecule has 0 saturated heterocycles. The summed E-state index contributed by atoms with van der Waals surface area (Å²) in [4.78, 5) is 16.6. The number of hydrogen-bond acceptors (Lipinski definition) is 4. The number of hydrogen-bond donors (Lipinski definition) is 0. The van der Waals surface area contributed by atoms with Crippen LogP contribution in [0.5, 0.6) is 0 Å². The Morgan fingerprint density at radius 2 is 2.15 bits per heavy atom. The number of aromatic nitrogens is 1. The molecule has 13 heavy (non-hydrogen) atoms. The first kappa shape index (κ1) is 9.51. The molecule has 0 spiro atoms. The van der Waals surface area contributed by atoms with Crippen LogP contribution in [0.3, 0.4) is 0 Å². The van der Waals surface area contributed by atoms with E-state index in [9.17, 15) is 4.79 Å². The summed E-state index contributed by atoms with van der Waals surface area (Å²) in [5.74, 6) is -0.251. The molecule has 1 heterocycles. The molecule has 0 fully saturated rings. The predicted molar refractivity (Wildman–Crippen MR) is 49.5 cm³/mol. The van der Waals surface area contributed by atoms with Gasteiger partial charge < -0.3 is 9.64 Å². The number of anilines is 1. The van der Waals surface area contributed by atoms with Crippen LogP contribution in [-0.4, -0.2) is 31.7 Å². The topological polar surface area (TPSA) is 42.4 Å². The summed E-state index contributed by atoms with van der Waals surface area (Å²) in [5, 5.41) is 0. The van der Waals surface area contributed by atoms with E-state index in [1.807, 2.05) is 19.2 Å². The highest BCUT2D eigenvalue weighted by Crippen LogP contribution is 2.08. The van der Waals surface area contributed by atoms with Crippen LogP contribution in [-0.2, 0) is 9.53 Å². The molecule has 0 aromatic carbocycles. The van der Waals surface area contributed by atoms with Gasteiger partial charge in [-0.2, -0.15) is 0 Å². The second kappa shape index (κ2) is 4.45. The summed E-state index contributed by atoms with van der Waals surface area (Å²) in [6.07, 6.45) is 3.37.